The molecule has 0 spiro atoms. The Kier molecular flexibility index (Phi) is 9.02. The van der Waals surface area contributed by atoms with Gasteiger partial charge >= 0.3 is 0 Å². The summed E-state index contributed by atoms with van der Waals surface area (Å²) in [4.78, 5) is 19.7. The van der Waals surface area contributed by atoms with E-state index in [1.807, 2.05) is 23.6 Å². The number of carbonyl (C=O) groups excluding carboxylic acids is 1. The summed E-state index contributed by atoms with van der Waals surface area (Å²) in [7, 11) is 0. The Morgan fingerprint density at radius 1 is 1.24 bits per heavy atom. The van der Waals surface area contributed by atoms with Gasteiger partial charge in [-0.2, -0.15) is 0 Å². The predicted octanol–water partition coefficient (Wildman–Crippen LogP) is 3.92. The molecule has 0 radical (unpaired) electrons. The van der Waals surface area contributed by atoms with Gasteiger partial charge in [0, 0.05) is 23.5 Å². The number of rotatable bonds is 6. The van der Waals surface area contributed by atoms with Crippen molar-refractivity contribution in [3.8, 4) is 22.1 Å². The Bertz CT molecular complexity index is 812. The van der Waals surface area contributed by atoms with Gasteiger partial charge in [-0.1, -0.05) is 6.92 Å². The average molecular weight is 460 g/mol. The first-order valence-corrected chi connectivity index (χ1v) is 10.5. The Morgan fingerprint density at radius 3 is 2.76 bits per heavy atom. The fourth-order valence-corrected chi connectivity index (χ4v) is 4.49. The lowest BCUT2D eigenvalue weighted by Crippen LogP contribution is -2.47. The van der Waals surface area contributed by atoms with E-state index in [2.05, 4.69) is 17.1 Å². The number of piperidine rings is 1. The van der Waals surface area contributed by atoms with Crippen molar-refractivity contribution < 1.29 is 14.3 Å². The number of thiazole rings is 1. The van der Waals surface area contributed by atoms with E-state index in [1.165, 1.54) is 0 Å². The van der Waals surface area contributed by atoms with E-state index in [0.29, 0.717) is 12.5 Å². The lowest BCUT2D eigenvalue weighted by atomic mass is 10.0. The first-order chi connectivity index (χ1) is 13.2. The third-order valence-electron chi connectivity index (χ3n) is 5.04. The van der Waals surface area contributed by atoms with Crippen molar-refractivity contribution >= 4 is 42.1 Å². The lowest BCUT2D eigenvalue weighted by molar-refractivity contribution is -0.133. The van der Waals surface area contributed by atoms with Gasteiger partial charge in [-0.15, -0.1) is 36.2 Å². The summed E-state index contributed by atoms with van der Waals surface area (Å²) in [5.74, 6) is 1.70. The molecule has 160 valence electrons. The molecule has 1 saturated heterocycles. The third-order valence-corrected chi connectivity index (χ3v) is 5.98. The van der Waals surface area contributed by atoms with Gasteiger partial charge in [0.05, 0.1) is 12.1 Å². The number of benzene rings is 1. The number of nitrogens with zero attached hydrogens (tertiary/aromatic N) is 2. The first kappa shape index (κ1) is 23.7. The maximum Gasteiger partial charge on any atom is 0.231 e. The number of ether oxygens (including phenoxy) is 2. The number of nitrogens with one attached hydrogen (secondary N) is 1. The van der Waals surface area contributed by atoms with Crippen molar-refractivity contribution in [2.24, 2.45) is 0 Å². The molecule has 0 atom stereocenters. The van der Waals surface area contributed by atoms with Crippen molar-refractivity contribution in [2.75, 3.05) is 26.4 Å². The van der Waals surface area contributed by atoms with Crippen molar-refractivity contribution in [3.05, 3.63) is 29.3 Å². The van der Waals surface area contributed by atoms with Gasteiger partial charge in [0.15, 0.2) is 11.5 Å². The Labute approximate surface area is 187 Å². The van der Waals surface area contributed by atoms with Crippen LogP contribution in [0.15, 0.2) is 23.6 Å². The van der Waals surface area contributed by atoms with Gasteiger partial charge < -0.3 is 19.7 Å². The predicted molar refractivity (Wildman–Crippen MR) is 120 cm³/mol. The molecule has 29 heavy (non-hydrogen) atoms. The minimum Gasteiger partial charge on any atom is -0.454 e. The zero-order chi connectivity index (χ0) is 18.6. The van der Waals surface area contributed by atoms with Crippen LogP contribution in [0.1, 0.15) is 31.9 Å². The average Bonchev–Trinajstić information content (AvgIpc) is 3.35. The molecule has 2 aromatic rings. The number of hydrogen-bond acceptors (Lipinski definition) is 6. The zero-order valence-corrected chi connectivity index (χ0v) is 18.8. The van der Waals surface area contributed by atoms with E-state index in [1.54, 1.807) is 11.3 Å². The number of carbonyl (C=O) groups is 1. The van der Waals surface area contributed by atoms with Crippen molar-refractivity contribution in [1.29, 1.82) is 0 Å². The highest BCUT2D eigenvalue weighted by molar-refractivity contribution is 7.13. The van der Waals surface area contributed by atoms with E-state index in [0.717, 1.165) is 66.7 Å². The maximum atomic E-state index is 12.9. The van der Waals surface area contributed by atoms with Crippen LogP contribution in [0.5, 0.6) is 11.5 Å². The summed E-state index contributed by atoms with van der Waals surface area (Å²) in [6.45, 7) is 5.19. The summed E-state index contributed by atoms with van der Waals surface area (Å²) in [5.41, 5.74) is 1.83. The van der Waals surface area contributed by atoms with Gasteiger partial charge in [0.1, 0.15) is 5.01 Å². The van der Waals surface area contributed by atoms with Crippen LogP contribution in [-0.2, 0) is 11.2 Å². The second-order valence-corrected chi connectivity index (χ2v) is 7.82. The van der Waals surface area contributed by atoms with Crippen LogP contribution in [0.2, 0.25) is 0 Å². The molecule has 2 aliphatic heterocycles. The molecule has 1 fully saturated rings. The molecule has 1 N–H and O–H groups in total. The number of amides is 1. The van der Waals surface area contributed by atoms with Crippen molar-refractivity contribution in [3.63, 3.8) is 0 Å². The largest absolute Gasteiger partial charge is 0.454 e. The van der Waals surface area contributed by atoms with E-state index >= 15 is 0 Å². The molecule has 3 heterocycles. The molecule has 0 unspecified atom stereocenters. The van der Waals surface area contributed by atoms with Crippen LogP contribution in [-0.4, -0.2) is 48.3 Å². The molecule has 0 bridgehead atoms. The zero-order valence-electron chi connectivity index (χ0n) is 16.4. The topological polar surface area (TPSA) is 63.7 Å². The Morgan fingerprint density at radius 2 is 2.00 bits per heavy atom. The summed E-state index contributed by atoms with van der Waals surface area (Å²) >= 11 is 1.56. The quantitative estimate of drug-likeness (QED) is 0.708. The SMILES string of the molecule is CCCN(C(=O)Cc1csc(-c2ccc3c(c2)OCO3)n1)C1CCNCC1.Cl.Cl. The standard InChI is InChI=1S/C20H25N3O3S.2ClH/c1-2-9-23(16-5-7-21-8-6-16)19(24)11-15-12-27-20(22-15)14-3-4-17-18(10-14)26-13-25-17;;/h3-4,10,12,16,21H,2,5-9,11,13H2,1H3;2*1H. The smallest absolute Gasteiger partial charge is 0.231 e. The fraction of sp³-hybridized carbons (Fsp3) is 0.500. The van der Waals surface area contributed by atoms with Gasteiger partial charge in [-0.3, -0.25) is 4.79 Å². The summed E-state index contributed by atoms with van der Waals surface area (Å²) in [5, 5.41) is 6.26. The van der Waals surface area contributed by atoms with Gasteiger partial charge in [0.25, 0.3) is 0 Å². The minimum absolute atomic E-state index is 0. The van der Waals surface area contributed by atoms with Gasteiger partial charge in [-0.05, 0) is 50.6 Å². The normalized spacial score (nSPS) is 15.3. The number of fused-ring (bicyclic) bond motifs is 1. The van der Waals surface area contributed by atoms with Gasteiger partial charge in [-0.25, -0.2) is 4.98 Å². The molecular weight excluding hydrogens is 433 g/mol. The van der Waals surface area contributed by atoms with Crippen LogP contribution < -0.4 is 14.8 Å². The Hall–Kier alpha value is -1.54. The molecule has 1 aromatic heterocycles. The second-order valence-electron chi connectivity index (χ2n) is 6.96. The summed E-state index contributed by atoms with van der Waals surface area (Å²) < 4.78 is 10.8. The lowest BCUT2D eigenvalue weighted by Gasteiger charge is -2.34. The van der Waals surface area contributed by atoms with Gasteiger partial charge in [0.2, 0.25) is 12.7 Å². The fourth-order valence-electron chi connectivity index (χ4n) is 3.68. The molecule has 0 aliphatic carbocycles. The van der Waals surface area contributed by atoms with Crippen LogP contribution in [0, 0.1) is 0 Å². The third kappa shape index (κ3) is 5.54. The second kappa shape index (κ2) is 11.0. The van der Waals surface area contributed by atoms with Crippen LogP contribution in [0.4, 0.5) is 0 Å². The van der Waals surface area contributed by atoms with Crippen molar-refractivity contribution in [2.45, 2.75) is 38.6 Å². The highest BCUT2D eigenvalue weighted by Crippen LogP contribution is 2.36. The summed E-state index contributed by atoms with van der Waals surface area (Å²) in [6.07, 6.45) is 3.41. The molecule has 6 nitrogen and oxygen atoms in total. The molecule has 1 amide bonds. The number of halogens is 2. The highest BCUT2D eigenvalue weighted by Gasteiger charge is 2.25. The molecular formula is C20H27Cl2N3O3S. The number of hydrogen-bond donors (Lipinski definition) is 1. The van der Waals surface area contributed by atoms with E-state index < -0.39 is 0 Å². The van der Waals surface area contributed by atoms with Crippen LogP contribution in [0.25, 0.3) is 10.6 Å². The molecule has 2 aliphatic rings. The number of aromatic nitrogens is 1. The highest BCUT2D eigenvalue weighted by atomic mass is 35.5. The van der Waals surface area contributed by atoms with Crippen LogP contribution >= 0.6 is 36.2 Å². The molecule has 4 rings (SSSR count). The molecule has 1 aromatic carbocycles. The molecule has 0 saturated carbocycles. The summed E-state index contributed by atoms with van der Waals surface area (Å²) in [6, 6.07) is 6.19. The maximum absolute atomic E-state index is 12.9. The minimum atomic E-state index is 0. The monoisotopic (exact) mass is 459 g/mol. The van der Waals surface area contributed by atoms with Crippen molar-refractivity contribution in [1.82, 2.24) is 15.2 Å². The Balaban J connectivity index is 0.00000150. The van der Waals surface area contributed by atoms with E-state index in [-0.39, 0.29) is 37.5 Å². The van der Waals surface area contributed by atoms with E-state index in [9.17, 15) is 4.79 Å². The molecule has 9 heteroatoms. The van der Waals surface area contributed by atoms with Crippen LogP contribution in [0.3, 0.4) is 0 Å². The first-order valence-electron chi connectivity index (χ1n) is 9.59. The van der Waals surface area contributed by atoms with E-state index in [4.69, 9.17) is 14.5 Å².